The summed E-state index contributed by atoms with van der Waals surface area (Å²) in [4.78, 5) is 4.61. The van der Waals surface area contributed by atoms with Gasteiger partial charge in [0, 0.05) is 18.6 Å². The van der Waals surface area contributed by atoms with Crippen molar-refractivity contribution in [2.24, 2.45) is 4.99 Å². The molecule has 19 heavy (non-hydrogen) atoms. The zero-order valence-electron chi connectivity index (χ0n) is 12.9. The van der Waals surface area contributed by atoms with E-state index in [0.717, 1.165) is 25.5 Å². The molecule has 0 atom stereocenters. The average Bonchev–Trinajstić information content (AvgIpc) is 2.30. The van der Waals surface area contributed by atoms with Crippen LogP contribution in [0.25, 0.3) is 0 Å². The second kappa shape index (κ2) is 7.17. The number of hydrogen-bond acceptors (Lipinski definition) is 1. The van der Waals surface area contributed by atoms with Crippen LogP contribution in [-0.2, 0) is 6.42 Å². The minimum absolute atomic E-state index is 0.0326. The van der Waals surface area contributed by atoms with E-state index >= 15 is 0 Å². The Hall–Kier alpha value is -1.51. The highest BCUT2D eigenvalue weighted by molar-refractivity contribution is 5.80. The van der Waals surface area contributed by atoms with E-state index in [0.29, 0.717) is 0 Å². The molecule has 3 heteroatoms. The van der Waals surface area contributed by atoms with Crippen molar-refractivity contribution in [2.45, 2.75) is 46.6 Å². The van der Waals surface area contributed by atoms with Crippen LogP contribution in [0, 0.1) is 6.92 Å². The van der Waals surface area contributed by atoms with Gasteiger partial charge in [-0.1, -0.05) is 29.8 Å². The van der Waals surface area contributed by atoms with Crippen molar-refractivity contribution in [1.82, 2.24) is 10.6 Å². The van der Waals surface area contributed by atoms with Crippen LogP contribution in [0.1, 0.15) is 38.8 Å². The number of aryl methyl sites for hydroxylation is 1. The molecule has 0 amide bonds. The van der Waals surface area contributed by atoms with E-state index in [1.807, 2.05) is 0 Å². The molecule has 2 N–H and O–H groups in total. The van der Waals surface area contributed by atoms with Gasteiger partial charge >= 0.3 is 0 Å². The van der Waals surface area contributed by atoms with Crippen molar-refractivity contribution in [1.29, 1.82) is 0 Å². The Balaban J connectivity index is 2.53. The summed E-state index contributed by atoms with van der Waals surface area (Å²) in [6.45, 7) is 12.3. The van der Waals surface area contributed by atoms with Gasteiger partial charge in [-0.25, -0.2) is 0 Å². The average molecular weight is 261 g/mol. The van der Waals surface area contributed by atoms with Gasteiger partial charge in [0.05, 0.1) is 0 Å². The molecule has 1 rings (SSSR count). The summed E-state index contributed by atoms with van der Waals surface area (Å²) >= 11 is 0. The van der Waals surface area contributed by atoms with E-state index in [1.54, 1.807) is 0 Å². The van der Waals surface area contributed by atoms with Gasteiger partial charge in [0.2, 0.25) is 0 Å². The molecule has 0 bridgehead atoms. The first-order valence-electron chi connectivity index (χ1n) is 7.03. The lowest BCUT2D eigenvalue weighted by atomic mass is 10.1. The fraction of sp³-hybridized carbons (Fsp3) is 0.562. The summed E-state index contributed by atoms with van der Waals surface area (Å²) in [5, 5.41) is 6.66. The van der Waals surface area contributed by atoms with Crippen molar-refractivity contribution in [3.8, 4) is 0 Å². The molecule has 0 aliphatic heterocycles. The number of nitrogens with one attached hydrogen (secondary N) is 2. The summed E-state index contributed by atoms with van der Waals surface area (Å²) < 4.78 is 0. The Kier molecular flexibility index (Phi) is 5.87. The van der Waals surface area contributed by atoms with Gasteiger partial charge in [-0.2, -0.15) is 0 Å². The van der Waals surface area contributed by atoms with Crippen molar-refractivity contribution in [2.75, 3.05) is 13.1 Å². The SMILES string of the molecule is CCNC(=NCCc1ccc(C)cc1)NC(C)(C)C. The zero-order chi connectivity index (χ0) is 14.3. The Bertz CT molecular complexity index is 399. The van der Waals surface area contributed by atoms with Crippen LogP contribution in [-0.4, -0.2) is 24.6 Å². The van der Waals surface area contributed by atoms with Gasteiger partial charge in [0.15, 0.2) is 5.96 Å². The lowest BCUT2D eigenvalue weighted by molar-refractivity contribution is 0.501. The molecule has 0 radical (unpaired) electrons. The molecule has 0 aliphatic rings. The summed E-state index contributed by atoms with van der Waals surface area (Å²) in [5.41, 5.74) is 2.67. The van der Waals surface area contributed by atoms with E-state index in [2.05, 4.69) is 74.5 Å². The van der Waals surface area contributed by atoms with E-state index in [-0.39, 0.29) is 5.54 Å². The maximum absolute atomic E-state index is 4.61. The van der Waals surface area contributed by atoms with Gasteiger partial charge in [-0.05, 0) is 46.6 Å². The fourth-order valence-corrected chi connectivity index (χ4v) is 1.71. The lowest BCUT2D eigenvalue weighted by Gasteiger charge is -2.23. The fourth-order valence-electron chi connectivity index (χ4n) is 1.71. The molecule has 0 heterocycles. The predicted molar refractivity (Wildman–Crippen MR) is 83.8 cm³/mol. The molecule has 0 unspecified atom stereocenters. The molecule has 0 aliphatic carbocycles. The number of aliphatic imine (C=N–C) groups is 1. The number of guanidine groups is 1. The van der Waals surface area contributed by atoms with Crippen LogP contribution < -0.4 is 10.6 Å². The zero-order valence-corrected chi connectivity index (χ0v) is 12.9. The molecule has 3 nitrogen and oxygen atoms in total. The summed E-state index contributed by atoms with van der Waals surface area (Å²) in [6.07, 6.45) is 0.973. The summed E-state index contributed by atoms with van der Waals surface area (Å²) in [7, 11) is 0. The third-order valence-corrected chi connectivity index (χ3v) is 2.63. The first-order chi connectivity index (χ1) is 8.90. The minimum atomic E-state index is 0.0326. The quantitative estimate of drug-likeness (QED) is 0.646. The largest absolute Gasteiger partial charge is 0.357 e. The summed E-state index contributed by atoms with van der Waals surface area (Å²) in [5.74, 6) is 0.891. The standard InChI is InChI=1S/C16H27N3/c1-6-17-15(19-16(3,4)5)18-12-11-14-9-7-13(2)8-10-14/h7-10H,6,11-12H2,1-5H3,(H2,17,18,19). The van der Waals surface area contributed by atoms with Crippen molar-refractivity contribution < 1.29 is 0 Å². The van der Waals surface area contributed by atoms with Crippen molar-refractivity contribution >= 4 is 5.96 Å². The minimum Gasteiger partial charge on any atom is -0.357 e. The Morgan fingerprint density at radius 3 is 2.32 bits per heavy atom. The van der Waals surface area contributed by atoms with Gasteiger partial charge in [-0.15, -0.1) is 0 Å². The molecule has 0 saturated heterocycles. The summed E-state index contributed by atoms with van der Waals surface area (Å²) in [6, 6.07) is 8.65. The van der Waals surface area contributed by atoms with Crippen molar-refractivity contribution in [3.63, 3.8) is 0 Å². The normalized spacial score (nSPS) is 12.4. The lowest BCUT2D eigenvalue weighted by Crippen LogP contribution is -2.47. The molecule has 0 aromatic heterocycles. The highest BCUT2D eigenvalue weighted by Crippen LogP contribution is 2.04. The molecule has 0 saturated carbocycles. The molecular formula is C16H27N3. The topological polar surface area (TPSA) is 36.4 Å². The number of hydrogen-bond donors (Lipinski definition) is 2. The molecule has 106 valence electrons. The van der Waals surface area contributed by atoms with Gasteiger partial charge in [-0.3, -0.25) is 4.99 Å². The van der Waals surface area contributed by atoms with Crippen LogP contribution >= 0.6 is 0 Å². The van der Waals surface area contributed by atoms with Crippen LogP contribution in [0.5, 0.6) is 0 Å². The Morgan fingerprint density at radius 2 is 1.79 bits per heavy atom. The maximum atomic E-state index is 4.61. The highest BCUT2D eigenvalue weighted by Gasteiger charge is 2.11. The maximum Gasteiger partial charge on any atom is 0.191 e. The number of rotatable bonds is 4. The van der Waals surface area contributed by atoms with Crippen LogP contribution in [0.2, 0.25) is 0 Å². The molecular weight excluding hydrogens is 234 g/mol. The third kappa shape index (κ3) is 6.85. The number of benzene rings is 1. The van der Waals surface area contributed by atoms with Crippen LogP contribution in [0.4, 0.5) is 0 Å². The molecule has 0 spiro atoms. The van der Waals surface area contributed by atoms with E-state index in [1.165, 1.54) is 11.1 Å². The number of nitrogens with zero attached hydrogens (tertiary/aromatic N) is 1. The van der Waals surface area contributed by atoms with Crippen LogP contribution in [0.15, 0.2) is 29.3 Å². The molecule has 0 fully saturated rings. The molecule has 1 aromatic carbocycles. The van der Waals surface area contributed by atoms with Gasteiger partial charge < -0.3 is 10.6 Å². The third-order valence-electron chi connectivity index (χ3n) is 2.63. The van der Waals surface area contributed by atoms with E-state index in [4.69, 9.17) is 0 Å². The predicted octanol–water partition coefficient (Wildman–Crippen LogP) is 2.89. The Morgan fingerprint density at radius 1 is 1.16 bits per heavy atom. The van der Waals surface area contributed by atoms with Crippen LogP contribution in [0.3, 0.4) is 0 Å². The van der Waals surface area contributed by atoms with Crippen molar-refractivity contribution in [3.05, 3.63) is 35.4 Å². The monoisotopic (exact) mass is 261 g/mol. The van der Waals surface area contributed by atoms with E-state index in [9.17, 15) is 0 Å². The highest BCUT2D eigenvalue weighted by atomic mass is 15.2. The van der Waals surface area contributed by atoms with Gasteiger partial charge in [0.25, 0.3) is 0 Å². The molecule has 1 aromatic rings. The smallest absolute Gasteiger partial charge is 0.191 e. The first-order valence-corrected chi connectivity index (χ1v) is 7.03. The van der Waals surface area contributed by atoms with Gasteiger partial charge in [0.1, 0.15) is 0 Å². The second-order valence-electron chi connectivity index (χ2n) is 5.87. The Labute approximate surface area is 117 Å². The second-order valence-corrected chi connectivity index (χ2v) is 5.87. The first kappa shape index (κ1) is 15.5. The van der Waals surface area contributed by atoms with E-state index < -0.39 is 0 Å².